The Morgan fingerprint density at radius 2 is 1.87 bits per heavy atom. The van der Waals surface area contributed by atoms with E-state index in [1.54, 1.807) is 41.8 Å². The van der Waals surface area contributed by atoms with Crippen molar-refractivity contribution >= 4 is 31.9 Å². The zero-order valence-electron chi connectivity index (χ0n) is 13.0. The molecule has 1 aromatic carbocycles. The summed E-state index contributed by atoms with van der Waals surface area (Å²) in [7, 11) is -0.204. The Bertz CT molecular complexity index is 828. The summed E-state index contributed by atoms with van der Waals surface area (Å²) < 4.78 is 25.2. The van der Waals surface area contributed by atoms with E-state index in [4.69, 9.17) is 5.14 Å². The quantitative estimate of drug-likeness (QED) is 0.855. The molecule has 0 saturated heterocycles. The Kier molecular flexibility index (Phi) is 4.98. The smallest absolute Gasteiger partial charge is 0.270 e. The van der Waals surface area contributed by atoms with Crippen molar-refractivity contribution in [1.82, 2.24) is 9.47 Å². The normalized spacial score (nSPS) is 12.9. The summed E-state index contributed by atoms with van der Waals surface area (Å²) in [6, 6.07) is 7.75. The molecular weight excluding hydrogens is 382 g/mol. The number of hydrogen-bond donors (Lipinski definition) is 1. The van der Waals surface area contributed by atoms with Crippen LogP contribution in [-0.4, -0.2) is 30.8 Å². The predicted molar refractivity (Wildman–Crippen MR) is 91.4 cm³/mol. The van der Waals surface area contributed by atoms with Gasteiger partial charge in [-0.2, -0.15) is 0 Å². The molecule has 6 nitrogen and oxygen atoms in total. The summed E-state index contributed by atoms with van der Waals surface area (Å²) in [6.07, 6.45) is 1.81. The number of sulfonamides is 1. The molecule has 1 aromatic heterocycles. The van der Waals surface area contributed by atoms with Crippen LogP contribution in [0.1, 0.15) is 29.0 Å². The summed E-state index contributed by atoms with van der Waals surface area (Å²) in [6.45, 7) is 1.88. The molecule has 1 heterocycles. The number of primary sulfonamides is 1. The molecule has 23 heavy (non-hydrogen) atoms. The van der Waals surface area contributed by atoms with Crippen molar-refractivity contribution in [2.75, 3.05) is 7.05 Å². The number of amides is 1. The summed E-state index contributed by atoms with van der Waals surface area (Å²) in [5.41, 5.74) is 1.38. The van der Waals surface area contributed by atoms with E-state index in [2.05, 4.69) is 15.9 Å². The number of carbonyl (C=O) groups excluding carboxylic acids is 1. The lowest BCUT2D eigenvalue weighted by Gasteiger charge is -2.25. The van der Waals surface area contributed by atoms with Crippen molar-refractivity contribution in [3.8, 4) is 0 Å². The van der Waals surface area contributed by atoms with Gasteiger partial charge in [-0.3, -0.25) is 4.79 Å². The Morgan fingerprint density at radius 1 is 1.30 bits per heavy atom. The fourth-order valence-electron chi connectivity index (χ4n) is 2.25. The van der Waals surface area contributed by atoms with Crippen LogP contribution in [0.5, 0.6) is 0 Å². The monoisotopic (exact) mass is 399 g/mol. The first-order valence-electron chi connectivity index (χ1n) is 6.83. The van der Waals surface area contributed by atoms with Crippen LogP contribution in [0.4, 0.5) is 0 Å². The topological polar surface area (TPSA) is 85.4 Å². The molecule has 2 rings (SSSR count). The maximum atomic E-state index is 12.6. The number of benzene rings is 1. The number of hydrogen-bond acceptors (Lipinski definition) is 3. The Balaban J connectivity index is 2.24. The highest BCUT2D eigenvalue weighted by molar-refractivity contribution is 9.10. The van der Waals surface area contributed by atoms with Crippen molar-refractivity contribution in [3.63, 3.8) is 0 Å². The molecule has 0 aliphatic carbocycles. The third kappa shape index (κ3) is 3.82. The summed E-state index contributed by atoms with van der Waals surface area (Å²) in [5, 5.41) is 5.09. The molecule has 0 saturated carbocycles. The minimum absolute atomic E-state index is 0.0498. The zero-order valence-corrected chi connectivity index (χ0v) is 15.4. The fourth-order valence-corrected chi connectivity index (χ4v) is 3.29. The molecule has 0 fully saturated rings. The minimum atomic E-state index is -3.72. The second-order valence-electron chi connectivity index (χ2n) is 5.36. The van der Waals surface area contributed by atoms with Crippen LogP contribution in [0.3, 0.4) is 0 Å². The van der Waals surface area contributed by atoms with Crippen LogP contribution >= 0.6 is 15.9 Å². The van der Waals surface area contributed by atoms with Crippen LogP contribution < -0.4 is 5.14 Å². The molecule has 0 spiro atoms. The SMILES string of the molecule is CC(c1ccc(S(N)(=O)=O)cc1)N(C)C(=O)c1cc(Br)cn1C. The van der Waals surface area contributed by atoms with Crippen molar-refractivity contribution in [2.45, 2.75) is 17.9 Å². The predicted octanol–water partition coefficient (Wildman–Crippen LogP) is 2.27. The van der Waals surface area contributed by atoms with Crippen molar-refractivity contribution in [2.24, 2.45) is 12.2 Å². The van der Waals surface area contributed by atoms with Crippen LogP contribution in [0.25, 0.3) is 0 Å². The second kappa shape index (κ2) is 6.46. The molecular formula is C15H18BrN3O3S. The number of carbonyl (C=O) groups is 1. The highest BCUT2D eigenvalue weighted by atomic mass is 79.9. The van der Waals surface area contributed by atoms with Gasteiger partial charge in [0.05, 0.1) is 10.9 Å². The van der Waals surface area contributed by atoms with Gasteiger partial charge in [-0.15, -0.1) is 0 Å². The molecule has 1 unspecified atom stereocenters. The van der Waals surface area contributed by atoms with E-state index in [-0.39, 0.29) is 16.8 Å². The number of rotatable bonds is 4. The first-order chi connectivity index (χ1) is 10.6. The number of aryl methyl sites for hydroxylation is 1. The lowest BCUT2D eigenvalue weighted by molar-refractivity contribution is 0.0733. The molecule has 1 atom stereocenters. The van der Waals surface area contributed by atoms with E-state index in [1.807, 2.05) is 13.1 Å². The van der Waals surface area contributed by atoms with E-state index in [9.17, 15) is 13.2 Å². The van der Waals surface area contributed by atoms with E-state index >= 15 is 0 Å². The van der Waals surface area contributed by atoms with E-state index < -0.39 is 10.0 Å². The molecule has 1 amide bonds. The summed E-state index contributed by atoms with van der Waals surface area (Å²) in [5.74, 6) is -0.124. The Morgan fingerprint density at radius 3 is 2.30 bits per heavy atom. The van der Waals surface area contributed by atoms with Gasteiger partial charge in [-0.05, 0) is 46.6 Å². The second-order valence-corrected chi connectivity index (χ2v) is 7.84. The summed E-state index contributed by atoms with van der Waals surface area (Å²) in [4.78, 5) is 14.2. The first-order valence-corrected chi connectivity index (χ1v) is 9.17. The lowest BCUT2D eigenvalue weighted by atomic mass is 10.1. The largest absolute Gasteiger partial charge is 0.345 e. The number of nitrogens with two attached hydrogens (primary N) is 1. The van der Waals surface area contributed by atoms with Gasteiger partial charge < -0.3 is 9.47 Å². The van der Waals surface area contributed by atoms with Crippen LogP contribution in [0.15, 0.2) is 45.9 Å². The van der Waals surface area contributed by atoms with Gasteiger partial charge in [0.15, 0.2) is 0 Å². The standard InChI is InChI=1S/C15H18BrN3O3S/c1-10(11-4-6-13(7-5-11)23(17,21)22)19(3)15(20)14-8-12(16)9-18(14)2/h4-10H,1-3H3,(H2,17,21,22). The average Bonchev–Trinajstić information content (AvgIpc) is 2.83. The van der Waals surface area contributed by atoms with E-state index in [1.165, 1.54) is 12.1 Å². The molecule has 0 aliphatic rings. The molecule has 2 aromatic rings. The van der Waals surface area contributed by atoms with Crippen molar-refractivity contribution in [1.29, 1.82) is 0 Å². The highest BCUT2D eigenvalue weighted by Gasteiger charge is 2.21. The Labute approximate surface area is 144 Å². The molecule has 8 heteroatoms. The van der Waals surface area contributed by atoms with Gasteiger partial charge in [-0.1, -0.05) is 12.1 Å². The molecule has 2 N–H and O–H groups in total. The average molecular weight is 400 g/mol. The molecule has 0 bridgehead atoms. The fraction of sp³-hybridized carbons (Fsp3) is 0.267. The van der Waals surface area contributed by atoms with Crippen LogP contribution in [0.2, 0.25) is 0 Å². The third-order valence-electron chi connectivity index (χ3n) is 3.78. The zero-order chi connectivity index (χ0) is 17.4. The third-order valence-corrected chi connectivity index (χ3v) is 5.15. The highest BCUT2D eigenvalue weighted by Crippen LogP contribution is 2.23. The van der Waals surface area contributed by atoms with E-state index in [0.717, 1.165) is 10.0 Å². The Hall–Kier alpha value is -1.64. The van der Waals surface area contributed by atoms with Crippen molar-refractivity contribution in [3.05, 3.63) is 52.3 Å². The molecule has 0 radical (unpaired) electrons. The minimum Gasteiger partial charge on any atom is -0.345 e. The van der Waals surface area contributed by atoms with Gasteiger partial charge in [0.25, 0.3) is 5.91 Å². The number of halogens is 1. The van der Waals surface area contributed by atoms with Gasteiger partial charge >= 0.3 is 0 Å². The van der Waals surface area contributed by atoms with Crippen LogP contribution in [-0.2, 0) is 17.1 Å². The van der Waals surface area contributed by atoms with Gasteiger partial charge in [-0.25, -0.2) is 13.6 Å². The van der Waals surface area contributed by atoms with Crippen molar-refractivity contribution < 1.29 is 13.2 Å². The molecule has 124 valence electrons. The number of nitrogens with zero attached hydrogens (tertiary/aromatic N) is 2. The number of aromatic nitrogens is 1. The first kappa shape index (κ1) is 17.7. The lowest BCUT2D eigenvalue weighted by Crippen LogP contribution is -2.31. The van der Waals surface area contributed by atoms with Gasteiger partial charge in [0.2, 0.25) is 10.0 Å². The van der Waals surface area contributed by atoms with Gasteiger partial charge in [0.1, 0.15) is 5.69 Å². The summed E-state index contributed by atoms with van der Waals surface area (Å²) >= 11 is 3.35. The van der Waals surface area contributed by atoms with Gasteiger partial charge in [0, 0.05) is 24.8 Å². The molecule has 0 aliphatic heterocycles. The van der Waals surface area contributed by atoms with Crippen LogP contribution in [0, 0.1) is 0 Å². The maximum absolute atomic E-state index is 12.6. The maximum Gasteiger partial charge on any atom is 0.270 e. The van der Waals surface area contributed by atoms with E-state index in [0.29, 0.717) is 5.69 Å².